The molecule has 0 aliphatic rings. The van der Waals surface area contributed by atoms with Crippen molar-refractivity contribution >= 4 is 5.91 Å². The van der Waals surface area contributed by atoms with E-state index in [0.29, 0.717) is 11.3 Å². The van der Waals surface area contributed by atoms with Gasteiger partial charge in [0, 0.05) is 24.3 Å². The summed E-state index contributed by atoms with van der Waals surface area (Å²) in [5, 5.41) is 0. The first-order chi connectivity index (χ1) is 11.2. The van der Waals surface area contributed by atoms with Crippen molar-refractivity contribution in [2.75, 3.05) is 7.05 Å². The summed E-state index contributed by atoms with van der Waals surface area (Å²) in [6.07, 6.45) is 1.44. The Labute approximate surface area is 140 Å². The van der Waals surface area contributed by atoms with Crippen molar-refractivity contribution in [3.05, 3.63) is 65.0 Å². The average Bonchev–Trinajstić information content (AvgIpc) is 2.54. The van der Waals surface area contributed by atoms with Crippen LogP contribution in [0.25, 0.3) is 0 Å². The van der Waals surface area contributed by atoms with E-state index in [9.17, 15) is 13.6 Å². The molecule has 124 valence electrons. The van der Waals surface area contributed by atoms with E-state index in [4.69, 9.17) is 0 Å². The van der Waals surface area contributed by atoms with Gasteiger partial charge in [-0.3, -0.25) is 4.79 Å². The fourth-order valence-corrected chi connectivity index (χ4v) is 1.80. The van der Waals surface area contributed by atoms with E-state index in [1.54, 1.807) is 24.1 Å². The molecule has 1 heterocycles. The van der Waals surface area contributed by atoms with E-state index in [0.717, 1.165) is 18.2 Å². The molecule has 24 heavy (non-hydrogen) atoms. The highest BCUT2D eigenvalue weighted by molar-refractivity contribution is 5.92. The molecule has 0 fully saturated rings. The Kier molecular flexibility index (Phi) is 4.99. The third-order valence-electron chi connectivity index (χ3n) is 3.56. The molecule has 0 saturated carbocycles. The van der Waals surface area contributed by atoms with Crippen LogP contribution < -0.4 is 0 Å². The predicted octanol–water partition coefficient (Wildman–Crippen LogP) is 3.63. The minimum Gasteiger partial charge on any atom is -0.336 e. The van der Waals surface area contributed by atoms with E-state index in [1.807, 2.05) is 20.8 Å². The summed E-state index contributed by atoms with van der Waals surface area (Å²) in [6.45, 7) is 5.79. The highest BCUT2D eigenvalue weighted by atomic mass is 19.1. The number of carbonyl (C=O) groups excluding carboxylic acids is 1. The summed E-state index contributed by atoms with van der Waals surface area (Å²) in [6, 6.07) is 6.29. The van der Waals surface area contributed by atoms with Gasteiger partial charge in [0.25, 0.3) is 5.91 Å². The molecule has 3 nitrogen and oxygen atoms in total. The van der Waals surface area contributed by atoms with E-state index in [-0.39, 0.29) is 17.0 Å². The van der Waals surface area contributed by atoms with E-state index in [2.05, 4.69) is 16.8 Å². The van der Waals surface area contributed by atoms with E-state index in [1.165, 1.54) is 6.20 Å². The molecule has 1 aromatic heterocycles. The van der Waals surface area contributed by atoms with Crippen LogP contribution in [0.1, 0.15) is 42.4 Å². The maximum Gasteiger partial charge on any atom is 0.272 e. The van der Waals surface area contributed by atoms with Gasteiger partial charge >= 0.3 is 0 Å². The lowest BCUT2D eigenvalue weighted by Crippen LogP contribution is -2.42. The standard InChI is InChI=1S/C19H18F2N2O/c1-19(2,3)23(4)18(24)17-10-6-13(12-22-17)5-7-14-11-15(20)8-9-16(14)21/h6,8-12H,1-4H3. The van der Waals surface area contributed by atoms with Crippen LogP contribution >= 0.6 is 0 Å². The SMILES string of the molecule is CN(C(=O)c1ccc(C#Cc2cc(F)ccc2F)cn1)C(C)(C)C. The summed E-state index contributed by atoms with van der Waals surface area (Å²) in [7, 11) is 1.71. The van der Waals surface area contributed by atoms with Gasteiger partial charge in [0.05, 0.1) is 5.56 Å². The van der Waals surface area contributed by atoms with Crippen LogP contribution in [0.5, 0.6) is 0 Å². The number of carbonyl (C=O) groups is 1. The number of nitrogens with zero attached hydrogens (tertiary/aromatic N) is 2. The van der Waals surface area contributed by atoms with Gasteiger partial charge in [0.15, 0.2) is 0 Å². The first-order valence-corrected chi connectivity index (χ1v) is 7.40. The molecular weight excluding hydrogens is 310 g/mol. The van der Waals surface area contributed by atoms with Crippen LogP contribution in [0, 0.1) is 23.5 Å². The monoisotopic (exact) mass is 328 g/mol. The van der Waals surface area contributed by atoms with Crippen molar-refractivity contribution in [2.45, 2.75) is 26.3 Å². The van der Waals surface area contributed by atoms with Gasteiger partial charge in [-0.2, -0.15) is 0 Å². The predicted molar refractivity (Wildman–Crippen MR) is 88.4 cm³/mol. The smallest absolute Gasteiger partial charge is 0.272 e. The maximum absolute atomic E-state index is 13.5. The lowest BCUT2D eigenvalue weighted by atomic mass is 10.1. The highest BCUT2D eigenvalue weighted by Gasteiger charge is 2.23. The Morgan fingerprint density at radius 3 is 2.42 bits per heavy atom. The Morgan fingerprint density at radius 2 is 1.83 bits per heavy atom. The van der Waals surface area contributed by atoms with Gasteiger partial charge in [-0.25, -0.2) is 13.8 Å². The Hall–Kier alpha value is -2.74. The topological polar surface area (TPSA) is 33.2 Å². The lowest BCUT2D eigenvalue weighted by Gasteiger charge is -2.31. The Bertz CT molecular complexity index is 812. The quantitative estimate of drug-likeness (QED) is 0.749. The van der Waals surface area contributed by atoms with Gasteiger partial charge in [-0.15, -0.1) is 0 Å². The number of pyridine rings is 1. The Balaban J connectivity index is 2.21. The number of aromatic nitrogens is 1. The molecule has 5 heteroatoms. The van der Waals surface area contributed by atoms with Crippen molar-refractivity contribution in [2.24, 2.45) is 0 Å². The molecule has 0 spiro atoms. The molecule has 0 bridgehead atoms. The maximum atomic E-state index is 13.5. The number of benzene rings is 1. The zero-order valence-electron chi connectivity index (χ0n) is 14.0. The normalized spacial score (nSPS) is 10.8. The third-order valence-corrected chi connectivity index (χ3v) is 3.56. The molecule has 1 amide bonds. The van der Waals surface area contributed by atoms with Crippen LogP contribution in [0.15, 0.2) is 36.5 Å². The van der Waals surface area contributed by atoms with Crippen molar-refractivity contribution < 1.29 is 13.6 Å². The Morgan fingerprint density at radius 1 is 1.12 bits per heavy atom. The highest BCUT2D eigenvalue weighted by Crippen LogP contribution is 2.14. The van der Waals surface area contributed by atoms with E-state index < -0.39 is 11.6 Å². The lowest BCUT2D eigenvalue weighted by molar-refractivity contribution is 0.0649. The van der Waals surface area contributed by atoms with Gasteiger partial charge in [-0.05, 0) is 51.1 Å². The van der Waals surface area contributed by atoms with Crippen molar-refractivity contribution in [1.29, 1.82) is 0 Å². The molecule has 1 aromatic carbocycles. The van der Waals surface area contributed by atoms with Crippen molar-refractivity contribution in [3.8, 4) is 11.8 Å². The minimum atomic E-state index is -0.588. The average molecular weight is 328 g/mol. The summed E-state index contributed by atoms with van der Waals surface area (Å²) in [5.74, 6) is 3.94. The number of hydrogen-bond acceptors (Lipinski definition) is 2. The summed E-state index contributed by atoms with van der Waals surface area (Å²) < 4.78 is 26.6. The molecule has 0 aliphatic carbocycles. The molecule has 0 unspecified atom stereocenters. The summed E-state index contributed by atoms with van der Waals surface area (Å²) in [5.41, 5.74) is 0.470. The van der Waals surface area contributed by atoms with Gasteiger partial charge in [-0.1, -0.05) is 11.8 Å². The van der Waals surface area contributed by atoms with E-state index >= 15 is 0 Å². The zero-order chi connectivity index (χ0) is 17.9. The first kappa shape index (κ1) is 17.6. The first-order valence-electron chi connectivity index (χ1n) is 7.40. The number of amides is 1. The van der Waals surface area contributed by atoms with Crippen molar-refractivity contribution in [3.63, 3.8) is 0 Å². The van der Waals surface area contributed by atoms with Gasteiger partial charge in [0.1, 0.15) is 17.3 Å². The van der Waals surface area contributed by atoms with Gasteiger partial charge in [0.2, 0.25) is 0 Å². The van der Waals surface area contributed by atoms with Crippen LogP contribution in [-0.4, -0.2) is 28.4 Å². The number of halogens is 2. The fourth-order valence-electron chi connectivity index (χ4n) is 1.80. The molecule has 2 aromatic rings. The van der Waals surface area contributed by atoms with Gasteiger partial charge < -0.3 is 4.90 Å². The molecule has 0 atom stereocenters. The second kappa shape index (κ2) is 6.79. The summed E-state index contributed by atoms with van der Waals surface area (Å²) >= 11 is 0. The largest absolute Gasteiger partial charge is 0.336 e. The zero-order valence-corrected chi connectivity index (χ0v) is 14.0. The van der Waals surface area contributed by atoms with Crippen LogP contribution in [0.4, 0.5) is 8.78 Å². The second-order valence-electron chi connectivity index (χ2n) is 6.34. The fraction of sp³-hybridized carbons (Fsp3) is 0.263. The third kappa shape index (κ3) is 4.17. The van der Waals surface area contributed by atoms with Crippen LogP contribution in [-0.2, 0) is 0 Å². The molecule has 2 rings (SSSR count). The number of rotatable bonds is 1. The number of hydrogen-bond donors (Lipinski definition) is 0. The molecular formula is C19H18F2N2O. The second-order valence-corrected chi connectivity index (χ2v) is 6.34. The molecule has 0 N–H and O–H groups in total. The summed E-state index contributed by atoms with van der Waals surface area (Å²) in [4.78, 5) is 18.0. The molecule has 0 radical (unpaired) electrons. The minimum absolute atomic E-state index is 0.0254. The van der Waals surface area contributed by atoms with Crippen LogP contribution in [0.2, 0.25) is 0 Å². The molecule has 0 saturated heterocycles. The van der Waals surface area contributed by atoms with Crippen molar-refractivity contribution in [1.82, 2.24) is 9.88 Å². The molecule has 0 aliphatic heterocycles. The van der Waals surface area contributed by atoms with Crippen LogP contribution in [0.3, 0.4) is 0 Å².